The summed E-state index contributed by atoms with van der Waals surface area (Å²) < 4.78 is 13.0. The third-order valence-corrected chi connectivity index (χ3v) is 4.42. The fourth-order valence-corrected chi connectivity index (χ4v) is 2.99. The van der Waals surface area contributed by atoms with E-state index in [1.54, 1.807) is 14.2 Å². The summed E-state index contributed by atoms with van der Waals surface area (Å²) in [7, 11) is 3.34. The Morgan fingerprint density at radius 3 is 2.67 bits per heavy atom. The maximum absolute atomic E-state index is 6.30. The molecule has 0 radical (unpaired) electrons. The highest BCUT2D eigenvalue weighted by Gasteiger charge is 2.39. The highest BCUT2D eigenvalue weighted by molar-refractivity contribution is 6.20. The summed E-state index contributed by atoms with van der Waals surface area (Å²) >= 11 is 6.30. The summed E-state index contributed by atoms with van der Waals surface area (Å²) in [4.78, 5) is 13.1. The standard InChI is InChI=1S/C14H19ClN4O2/c1-9(15)11-18-10-12(16-8-17-13(10)20-2)19(11)7-14(21-3)5-4-6-14/h8-9H,4-7H2,1-3H3. The number of nitrogens with zero attached hydrogens (tertiary/aromatic N) is 4. The molecule has 1 atom stereocenters. The van der Waals surface area contributed by atoms with Gasteiger partial charge in [-0.3, -0.25) is 0 Å². The van der Waals surface area contributed by atoms with Gasteiger partial charge < -0.3 is 14.0 Å². The van der Waals surface area contributed by atoms with E-state index >= 15 is 0 Å². The average molecular weight is 311 g/mol. The van der Waals surface area contributed by atoms with E-state index in [-0.39, 0.29) is 11.0 Å². The minimum absolute atomic E-state index is 0.133. The zero-order valence-electron chi connectivity index (χ0n) is 12.5. The molecule has 6 nitrogen and oxygen atoms in total. The van der Waals surface area contributed by atoms with Crippen LogP contribution in [0.2, 0.25) is 0 Å². The number of halogens is 1. The van der Waals surface area contributed by atoms with Crippen LogP contribution in [0.5, 0.6) is 5.88 Å². The number of methoxy groups -OCH3 is 2. The molecule has 0 aromatic carbocycles. The Morgan fingerprint density at radius 2 is 2.14 bits per heavy atom. The van der Waals surface area contributed by atoms with Crippen LogP contribution in [0.25, 0.3) is 11.2 Å². The van der Waals surface area contributed by atoms with Crippen LogP contribution in [0.1, 0.15) is 37.4 Å². The molecule has 114 valence electrons. The number of hydrogen-bond acceptors (Lipinski definition) is 5. The Balaban J connectivity index is 2.12. The molecule has 2 aromatic heterocycles. The van der Waals surface area contributed by atoms with Crippen molar-refractivity contribution < 1.29 is 9.47 Å². The van der Waals surface area contributed by atoms with Crippen molar-refractivity contribution in [3.05, 3.63) is 12.2 Å². The van der Waals surface area contributed by atoms with E-state index in [0.717, 1.165) is 24.3 Å². The molecule has 0 N–H and O–H groups in total. The van der Waals surface area contributed by atoms with Crippen molar-refractivity contribution in [1.82, 2.24) is 19.5 Å². The van der Waals surface area contributed by atoms with E-state index in [0.29, 0.717) is 17.9 Å². The second-order valence-corrected chi connectivity index (χ2v) is 6.12. The molecule has 1 unspecified atom stereocenters. The highest BCUT2D eigenvalue weighted by atomic mass is 35.5. The number of imidazole rings is 1. The molecule has 1 aliphatic rings. The first kappa shape index (κ1) is 14.5. The lowest BCUT2D eigenvalue weighted by Crippen LogP contribution is -2.43. The van der Waals surface area contributed by atoms with Crippen molar-refractivity contribution in [2.75, 3.05) is 14.2 Å². The Kier molecular flexibility index (Phi) is 3.75. The third-order valence-electron chi connectivity index (χ3n) is 4.22. The maximum Gasteiger partial charge on any atom is 0.245 e. The lowest BCUT2D eigenvalue weighted by atomic mass is 9.80. The van der Waals surface area contributed by atoms with Gasteiger partial charge in [-0.25, -0.2) is 9.97 Å². The first-order valence-electron chi connectivity index (χ1n) is 7.04. The van der Waals surface area contributed by atoms with E-state index in [4.69, 9.17) is 21.1 Å². The predicted octanol–water partition coefficient (Wildman–Crippen LogP) is 2.70. The fraction of sp³-hybridized carbons (Fsp3) is 0.643. The van der Waals surface area contributed by atoms with Gasteiger partial charge in [-0.05, 0) is 26.2 Å². The smallest absolute Gasteiger partial charge is 0.245 e. The second-order valence-electron chi connectivity index (χ2n) is 5.47. The Hall–Kier alpha value is -1.40. The van der Waals surface area contributed by atoms with Crippen molar-refractivity contribution in [2.24, 2.45) is 0 Å². The van der Waals surface area contributed by atoms with Crippen LogP contribution in [0.15, 0.2) is 6.33 Å². The number of hydrogen-bond donors (Lipinski definition) is 0. The van der Waals surface area contributed by atoms with Crippen LogP contribution in [-0.4, -0.2) is 39.3 Å². The van der Waals surface area contributed by atoms with Crippen LogP contribution in [-0.2, 0) is 11.3 Å². The molecule has 0 aliphatic heterocycles. The van der Waals surface area contributed by atoms with Gasteiger partial charge in [0.1, 0.15) is 12.2 Å². The number of alkyl halides is 1. The Bertz CT molecular complexity index is 646. The molecule has 0 spiro atoms. The third kappa shape index (κ3) is 2.36. The molecule has 0 bridgehead atoms. The normalized spacial score (nSPS) is 18.5. The number of ether oxygens (including phenoxy) is 2. The highest BCUT2D eigenvalue weighted by Crippen LogP contribution is 2.38. The van der Waals surface area contributed by atoms with Crippen LogP contribution in [0, 0.1) is 0 Å². The van der Waals surface area contributed by atoms with Crippen LogP contribution in [0.3, 0.4) is 0 Å². The van der Waals surface area contributed by atoms with Gasteiger partial charge in [0.2, 0.25) is 5.88 Å². The molecule has 3 rings (SSSR count). The zero-order valence-corrected chi connectivity index (χ0v) is 13.2. The molecule has 21 heavy (non-hydrogen) atoms. The molecule has 0 amide bonds. The van der Waals surface area contributed by atoms with Crippen LogP contribution in [0.4, 0.5) is 0 Å². The molecule has 0 saturated heterocycles. The summed E-state index contributed by atoms with van der Waals surface area (Å²) in [5, 5.41) is -0.224. The minimum atomic E-state index is -0.224. The average Bonchev–Trinajstić information content (AvgIpc) is 2.81. The van der Waals surface area contributed by atoms with Gasteiger partial charge in [-0.2, -0.15) is 4.98 Å². The van der Waals surface area contributed by atoms with Gasteiger partial charge >= 0.3 is 0 Å². The number of fused-ring (bicyclic) bond motifs is 1. The fourth-order valence-electron chi connectivity index (χ4n) is 2.83. The van der Waals surface area contributed by atoms with Gasteiger partial charge in [0, 0.05) is 7.11 Å². The van der Waals surface area contributed by atoms with Crippen molar-refractivity contribution >= 4 is 22.8 Å². The SMILES string of the molecule is COc1ncnc2c1nc(C(C)Cl)n2CC1(OC)CCC1. The van der Waals surface area contributed by atoms with Gasteiger partial charge in [0.25, 0.3) is 0 Å². The molecular weight excluding hydrogens is 292 g/mol. The summed E-state index contributed by atoms with van der Waals surface area (Å²) in [6.45, 7) is 2.60. The van der Waals surface area contributed by atoms with E-state index in [9.17, 15) is 0 Å². The molecule has 2 heterocycles. The first-order valence-corrected chi connectivity index (χ1v) is 7.48. The van der Waals surface area contributed by atoms with E-state index < -0.39 is 0 Å². The second kappa shape index (κ2) is 5.42. The summed E-state index contributed by atoms with van der Waals surface area (Å²) in [6.07, 6.45) is 4.76. The summed E-state index contributed by atoms with van der Waals surface area (Å²) in [5.74, 6) is 1.24. The van der Waals surface area contributed by atoms with E-state index in [1.165, 1.54) is 12.7 Å². The van der Waals surface area contributed by atoms with Crippen molar-refractivity contribution in [1.29, 1.82) is 0 Å². The quantitative estimate of drug-likeness (QED) is 0.795. The molecular formula is C14H19ClN4O2. The molecule has 1 saturated carbocycles. The molecule has 2 aromatic rings. The maximum atomic E-state index is 6.30. The summed E-state index contributed by atoms with van der Waals surface area (Å²) in [6, 6.07) is 0. The number of rotatable bonds is 5. The Labute approximate surface area is 128 Å². The van der Waals surface area contributed by atoms with E-state index in [1.807, 2.05) is 11.5 Å². The first-order chi connectivity index (χ1) is 10.1. The zero-order chi connectivity index (χ0) is 15.0. The van der Waals surface area contributed by atoms with Gasteiger partial charge in [0.05, 0.1) is 24.6 Å². The molecule has 1 aliphatic carbocycles. The Morgan fingerprint density at radius 1 is 1.38 bits per heavy atom. The number of aromatic nitrogens is 4. The van der Waals surface area contributed by atoms with Crippen molar-refractivity contribution in [3.63, 3.8) is 0 Å². The van der Waals surface area contributed by atoms with Crippen LogP contribution < -0.4 is 4.74 Å². The lowest BCUT2D eigenvalue weighted by Gasteiger charge is -2.41. The van der Waals surface area contributed by atoms with Gasteiger partial charge in [-0.1, -0.05) is 0 Å². The van der Waals surface area contributed by atoms with Crippen LogP contribution >= 0.6 is 11.6 Å². The van der Waals surface area contributed by atoms with Gasteiger partial charge in [0.15, 0.2) is 11.2 Å². The van der Waals surface area contributed by atoms with Gasteiger partial charge in [-0.15, -0.1) is 11.6 Å². The van der Waals surface area contributed by atoms with Crippen molar-refractivity contribution in [3.8, 4) is 5.88 Å². The lowest BCUT2D eigenvalue weighted by molar-refractivity contribution is -0.0833. The largest absolute Gasteiger partial charge is 0.479 e. The molecule has 1 fully saturated rings. The monoisotopic (exact) mass is 310 g/mol. The minimum Gasteiger partial charge on any atom is -0.479 e. The summed E-state index contributed by atoms with van der Waals surface area (Å²) in [5.41, 5.74) is 1.26. The predicted molar refractivity (Wildman–Crippen MR) is 79.7 cm³/mol. The topological polar surface area (TPSA) is 62.1 Å². The van der Waals surface area contributed by atoms with Crippen molar-refractivity contribution in [2.45, 2.75) is 43.7 Å². The molecule has 7 heteroatoms. The van der Waals surface area contributed by atoms with E-state index in [2.05, 4.69) is 15.0 Å².